The summed E-state index contributed by atoms with van der Waals surface area (Å²) in [5.41, 5.74) is 0.876. The van der Waals surface area contributed by atoms with Crippen molar-refractivity contribution in [3.8, 4) is 0 Å². The van der Waals surface area contributed by atoms with E-state index in [1.54, 1.807) is 11.8 Å². The first-order valence-electron chi connectivity index (χ1n) is 14.9. The van der Waals surface area contributed by atoms with Crippen molar-refractivity contribution in [2.45, 2.75) is 158 Å². The lowest BCUT2D eigenvalue weighted by molar-refractivity contribution is -0.192. The molecule has 5 atom stereocenters. The molecule has 232 valence electrons. The molecular formula is C31H60O5SSi3. The van der Waals surface area contributed by atoms with Crippen LogP contribution < -0.4 is 0 Å². The maximum atomic E-state index is 10.7. The zero-order valence-electron chi connectivity index (χ0n) is 28.4. The molecule has 1 aliphatic rings. The molecule has 40 heavy (non-hydrogen) atoms. The van der Waals surface area contributed by atoms with Gasteiger partial charge in [0.15, 0.2) is 25.0 Å². The second kappa shape index (κ2) is 12.6. The van der Waals surface area contributed by atoms with Crippen molar-refractivity contribution in [2.24, 2.45) is 0 Å². The topological polar surface area (TPSA) is 57.2 Å². The predicted molar refractivity (Wildman–Crippen MR) is 179 cm³/mol. The minimum absolute atomic E-state index is 0.00217. The molecule has 2 rings (SSSR count). The highest BCUT2D eigenvalue weighted by Crippen LogP contribution is 2.47. The molecule has 1 aromatic rings. The van der Waals surface area contributed by atoms with E-state index in [-0.39, 0.29) is 39.4 Å². The van der Waals surface area contributed by atoms with Gasteiger partial charge in [-0.15, -0.1) is 0 Å². The normalized spacial score (nSPS) is 25.8. The van der Waals surface area contributed by atoms with Crippen LogP contribution in [0.4, 0.5) is 0 Å². The summed E-state index contributed by atoms with van der Waals surface area (Å²) in [6.45, 7) is 36.1. The van der Waals surface area contributed by atoms with Crippen LogP contribution in [0, 0.1) is 6.92 Å². The zero-order chi connectivity index (χ0) is 31.1. The van der Waals surface area contributed by atoms with Gasteiger partial charge in [-0.25, -0.2) is 0 Å². The van der Waals surface area contributed by atoms with Gasteiger partial charge in [0.25, 0.3) is 0 Å². The van der Waals surface area contributed by atoms with E-state index >= 15 is 0 Å². The lowest BCUT2D eigenvalue weighted by Gasteiger charge is -2.54. The average molecular weight is 629 g/mol. The van der Waals surface area contributed by atoms with Gasteiger partial charge < -0.3 is 23.1 Å². The Kier molecular flexibility index (Phi) is 11.4. The molecule has 0 aliphatic carbocycles. The van der Waals surface area contributed by atoms with E-state index in [1.165, 1.54) is 5.56 Å². The van der Waals surface area contributed by atoms with E-state index in [1.807, 2.05) is 0 Å². The summed E-state index contributed by atoms with van der Waals surface area (Å²) in [6, 6.07) is 8.54. The molecule has 0 spiro atoms. The quantitative estimate of drug-likeness (QED) is 0.276. The molecule has 1 fully saturated rings. The highest BCUT2D eigenvalue weighted by molar-refractivity contribution is 7.99. The summed E-state index contributed by atoms with van der Waals surface area (Å²) in [4.78, 5) is 1.12. The summed E-state index contributed by atoms with van der Waals surface area (Å²) in [5.74, 6) is 0. The third-order valence-electron chi connectivity index (χ3n) is 9.76. The Labute approximate surface area is 253 Å². The van der Waals surface area contributed by atoms with Crippen LogP contribution in [0.3, 0.4) is 0 Å². The Morgan fingerprint density at radius 1 is 0.675 bits per heavy atom. The number of aryl methyl sites for hydroxylation is 1. The molecule has 9 heteroatoms. The SMILES string of the molecule is Cc1ccc(S[C@@H]2O[C@H](CO)[C@H](O[Si](C)(C)C(C)(C)C)[C@H](O[Si](C)(C)C(C)(C)C)[C@H]2O[Si](C)(C)C(C)(C)C)cc1. The van der Waals surface area contributed by atoms with Gasteiger partial charge in [-0.05, 0) is 73.5 Å². The van der Waals surface area contributed by atoms with Crippen LogP contribution in [-0.4, -0.2) is 66.5 Å². The molecule has 0 radical (unpaired) electrons. The largest absolute Gasteiger partial charge is 0.408 e. The molecule has 5 nitrogen and oxygen atoms in total. The van der Waals surface area contributed by atoms with Gasteiger partial charge in [-0.2, -0.15) is 0 Å². The standard InChI is InChI=1S/C31H60O5SSi3/c1-22-17-19-23(20-18-22)37-28-27(36-40(15,16)31(8,9)10)26(35-39(13,14)30(5,6)7)25(24(21-32)33-28)34-38(11,12)29(2,3)4/h17-20,24-28,32H,21H2,1-16H3/t24-,25+,26+,27-,28+/m1/s1. The molecule has 0 saturated carbocycles. The second-order valence-electron chi connectivity index (χ2n) is 16.2. The summed E-state index contributed by atoms with van der Waals surface area (Å²) < 4.78 is 28.5. The second-order valence-corrected chi connectivity index (χ2v) is 31.6. The van der Waals surface area contributed by atoms with Crippen LogP contribution in [0.25, 0.3) is 0 Å². The molecule has 0 aromatic heterocycles. The van der Waals surface area contributed by atoms with Crippen molar-refractivity contribution in [3.05, 3.63) is 29.8 Å². The average Bonchev–Trinajstić information content (AvgIpc) is 2.76. The Morgan fingerprint density at radius 2 is 1.05 bits per heavy atom. The fraction of sp³-hybridized carbons (Fsp3) is 0.806. The van der Waals surface area contributed by atoms with Crippen molar-refractivity contribution in [2.75, 3.05) is 6.61 Å². The van der Waals surface area contributed by atoms with Gasteiger partial charge in [0, 0.05) is 4.90 Å². The predicted octanol–water partition coefficient (Wildman–Crippen LogP) is 8.98. The van der Waals surface area contributed by atoms with Gasteiger partial charge in [-0.1, -0.05) is 91.8 Å². The van der Waals surface area contributed by atoms with E-state index in [0.29, 0.717) is 0 Å². The van der Waals surface area contributed by atoms with Crippen molar-refractivity contribution < 1.29 is 23.1 Å². The van der Waals surface area contributed by atoms with Crippen LogP contribution >= 0.6 is 11.8 Å². The van der Waals surface area contributed by atoms with Gasteiger partial charge in [-0.3, -0.25) is 0 Å². The number of aliphatic hydroxyl groups excluding tert-OH is 1. The van der Waals surface area contributed by atoms with Gasteiger partial charge in [0.1, 0.15) is 29.9 Å². The zero-order valence-corrected chi connectivity index (χ0v) is 32.2. The molecule has 0 amide bonds. The number of ether oxygens (including phenoxy) is 1. The minimum atomic E-state index is -2.27. The number of hydrogen-bond donors (Lipinski definition) is 1. The van der Waals surface area contributed by atoms with Crippen molar-refractivity contribution >= 4 is 36.7 Å². The van der Waals surface area contributed by atoms with E-state index < -0.39 is 37.2 Å². The van der Waals surface area contributed by atoms with Gasteiger partial charge in [0.05, 0.1) is 6.61 Å². The summed E-state index contributed by atoms with van der Waals surface area (Å²) in [5, 5.41) is 10.7. The number of hydrogen-bond acceptors (Lipinski definition) is 6. The van der Waals surface area contributed by atoms with Crippen molar-refractivity contribution in [3.63, 3.8) is 0 Å². The third kappa shape index (κ3) is 8.56. The fourth-order valence-electron chi connectivity index (χ4n) is 3.82. The molecule has 1 saturated heterocycles. The Bertz CT molecular complexity index is 961. The molecule has 1 N–H and O–H groups in total. The van der Waals surface area contributed by atoms with E-state index in [2.05, 4.69) is 133 Å². The molecule has 1 aromatic carbocycles. The Balaban J connectivity index is 2.73. The number of benzene rings is 1. The third-order valence-corrected chi connectivity index (χ3v) is 24.3. The monoisotopic (exact) mass is 628 g/mol. The number of rotatable bonds is 9. The Hall–Kier alpha value is 0.0206. The molecule has 1 aliphatic heterocycles. The van der Waals surface area contributed by atoms with E-state index in [0.717, 1.165) is 4.90 Å². The highest BCUT2D eigenvalue weighted by atomic mass is 32.2. The van der Waals surface area contributed by atoms with Crippen molar-refractivity contribution in [1.82, 2.24) is 0 Å². The van der Waals surface area contributed by atoms with Gasteiger partial charge >= 0.3 is 0 Å². The lowest BCUT2D eigenvalue weighted by Crippen LogP contribution is -2.67. The molecule has 0 bridgehead atoms. The lowest BCUT2D eigenvalue weighted by atomic mass is 10.0. The maximum Gasteiger partial charge on any atom is 0.192 e. The number of aliphatic hydroxyl groups is 1. The summed E-state index contributed by atoms with van der Waals surface area (Å²) in [6.07, 6.45) is -1.65. The van der Waals surface area contributed by atoms with E-state index in [9.17, 15) is 5.11 Å². The highest BCUT2D eigenvalue weighted by Gasteiger charge is 2.56. The van der Waals surface area contributed by atoms with E-state index in [4.69, 9.17) is 18.0 Å². The van der Waals surface area contributed by atoms with Gasteiger partial charge in [0.2, 0.25) is 0 Å². The maximum absolute atomic E-state index is 10.7. The summed E-state index contributed by atoms with van der Waals surface area (Å²) >= 11 is 1.67. The van der Waals surface area contributed by atoms with Crippen LogP contribution in [0.5, 0.6) is 0 Å². The molecule has 0 unspecified atom stereocenters. The van der Waals surface area contributed by atoms with Crippen LogP contribution in [0.15, 0.2) is 29.2 Å². The van der Waals surface area contributed by atoms with Crippen LogP contribution in [0.2, 0.25) is 54.4 Å². The van der Waals surface area contributed by atoms with Crippen LogP contribution in [-0.2, 0) is 18.0 Å². The smallest absolute Gasteiger partial charge is 0.192 e. The molecular weight excluding hydrogens is 569 g/mol. The summed E-state index contributed by atoms with van der Waals surface area (Å²) in [7, 11) is -6.76. The molecule has 1 heterocycles. The first-order valence-corrected chi connectivity index (χ1v) is 24.5. The Morgan fingerprint density at radius 3 is 1.43 bits per heavy atom. The van der Waals surface area contributed by atoms with Crippen LogP contribution in [0.1, 0.15) is 67.9 Å². The minimum Gasteiger partial charge on any atom is -0.408 e. The fourth-order valence-corrected chi connectivity index (χ4v) is 8.94. The van der Waals surface area contributed by atoms with Crippen molar-refractivity contribution in [1.29, 1.82) is 0 Å². The first kappa shape index (κ1) is 36.2. The number of thioether (sulfide) groups is 1. The first-order chi connectivity index (χ1) is 17.8.